The highest BCUT2D eigenvalue weighted by Gasteiger charge is 2.31. The minimum atomic E-state index is -0.697. The van der Waals surface area contributed by atoms with Gasteiger partial charge in [-0.15, -0.1) is 0 Å². The first-order valence-electron chi connectivity index (χ1n) is 6.14. The SMILES string of the molecule is CC1=NC(=O)C(c2ccc[nH]c2=O)c2cc(Cl)ccc21. The van der Waals surface area contributed by atoms with Crippen LogP contribution in [0.4, 0.5) is 0 Å². The zero-order chi connectivity index (χ0) is 14.3. The Bertz CT molecular complexity index is 792. The highest BCUT2D eigenvalue weighted by Crippen LogP contribution is 2.32. The number of halogens is 1. The molecule has 1 amide bonds. The van der Waals surface area contributed by atoms with Gasteiger partial charge >= 0.3 is 0 Å². The lowest BCUT2D eigenvalue weighted by Gasteiger charge is -2.22. The number of hydrogen-bond acceptors (Lipinski definition) is 2. The number of carbonyl (C=O) groups is 1. The molecule has 0 radical (unpaired) electrons. The molecule has 2 heterocycles. The summed E-state index contributed by atoms with van der Waals surface area (Å²) >= 11 is 6.03. The molecule has 0 fully saturated rings. The lowest BCUT2D eigenvalue weighted by Crippen LogP contribution is -2.27. The van der Waals surface area contributed by atoms with E-state index in [1.165, 1.54) is 6.20 Å². The average Bonchev–Trinajstić information content (AvgIpc) is 2.40. The molecule has 1 atom stereocenters. The summed E-state index contributed by atoms with van der Waals surface area (Å²) in [7, 11) is 0. The molecule has 4 nitrogen and oxygen atoms in total. The predicted octanol–water partition coefficient (Wildman–Crippen LogP) is 2.51. The molecule has 1 aliphatic heterocycles. The van der Waals surface area contributed by atoms with Crippen molar-refractivity contribution in [3.63, 3.8) is 0 Å². The Hall–Kier alpha value is -2.20. The van der Waals surface area contributed by atoms with E-state index in [0.29, 0.717) is 16.3 Å². The van der Waals surface area contributed by atoms with E-state index in [1.807, 2.05) is 6.07 Å². The number of benzene rings is 1. The third-order valence-electron chi connectivity index (χ3n) is 3.40. The number of aromatic nitrogens is 1. The number of pyridine rings is 1. The van der Waals surface area contributed by atoms with Crippen LogP contribution in [-0.2, 0) is 4.79 Å². The van der Waals surface area contributed by atoms with Gasteiger partial charge in [0, 0.05) is 28.1 Å². The quantitative estimate of drug-likeness (QED) is 0.875. The Balaban J connectivity index is 2.28. The minimum Gasteiger partial charge on any atom is -0.329 e. The number of rotatable bonds is 1. The number of aliphatic imine (C=N–C) groups is 1. The van der Waals surface area contributed by atoms with Crippen molar-refractivity contribution < 1.29 is 4.79 Å². The number of fused-ring (bicyclic) bond motifs is 1. The Kier molecular flexibility index (Phi) is 3.03. The van der Waals surface area contributed by atoms with Crippen LogP contribution in [0.3, 0.4) is 0 Å². The van der Waals surface area contributed by atoms with Crippen molar-refractivity contribution in [2.45, 2.75) is 12.8 Å². The van der Waals surface area contributed by atoms with Crippen LogP contribution in [0.15, 0.2) is 46.3 Å². The zero-order valence-corrected chi connectivity index (χ0v) is 11.4. The maximum atomic E-state index is 12.2. The molecule has 0 spiro atoms. The normalized spacial score (nSPS) is 17.6. The van der Waals surface area contributed by atoms with Crippen molar-refractivity contribution in [1.82, 2.24) is 4.98 Å². The van der Waals surface area contributed by atoms with Crippen molar-refractivity contribution >= 4 is 23.2 Å². The molecule has 1 aromatic heterocycles. The van der Waals surface area contributed by atoms with Gasteiger partial charge in [0.05, 0.1) is 5.92 Å². The Morgan fingerprint density at radius 1 is 1.20 bits per heavy atom. The average molecular weight is 287 g/mol. The van der Waals surface area contributed by atoms with E-state index in [4.69, 9.17) is 11.6 Å². The molecule has 0 bridgehead atoms. The van der Waals surface area contributed by atoms with E-state index in [9.17, 15) is 9.59 Å². The standard InChI is InChI=1S/C15H11ClN2O2/c1-8-10-5-4-9(16)7-12(10)13(15(20)18-8)11-3-2-6-17-14(11)19/h2-7,13H,1H3,(H,17,19). The number of nitrogens with zero attached hydrogens (tertiary/aromatic N) is 1. The van der Waals surface area contributed by atoms with Crippen LogP contribution in [0.1, 0.15) is 29.5 Å². The van der Waals surface area contributed by atoms with E-state index in [1.54, 1.807) is 31.2 Å². The molecule has 1 aromatic carbocycles. The summed E-state index contributed by atoms with van der Waals surface area (Å²) < 4.78 is 0. The fraction of sp³-hybridized carbons (Fsp3) is 0.133. The van der Waals surface area contributed by atoms with Gasteiger partial charge in [-0.1, -0.05) is 23.7 Å². The first kappa shape index (κ1) is 12.8. The summed E-state index contributed by atoms with van der Waals surface area (Å²) in [4.78, 5) is 30.8. The van der Waals surface area contributed by atoms with Crippen LogP contribution in [0.25, 0.3) is 0 Å². The lowest BCUT2D eigenvalue weighted by molar-refractivity contribution is -0.118. The Labute approximate surface area is 120 Å². The molecule has 0 aliphatic carbocycles. The lowest BCUT2D eigenvalue weighted by atomic mass is 9.85. The molecule has 1 unspecified atom stereocenters. The van der Waals surface area contributed by atoms with Gasteiger partial charge < -0.3 is 4.98 Å². The van der Waals surface area contributed by atoms with Crippen LogP contribution in [-0.4, -0.2) is 16.6 Å². The zero-order valence-electron chi connectivity index (χ0n) is 10.7. The van der Waals surface area contributed by atoms with E-state index in [2.05, 4.69) is 9.98 Å². The maximum Gasteiger partial charge on any atom is 0.258 e. The van der Waals surface area contributed by atoms with Crippen molar-refractivity contribution in [3.05, 3.63) is 68.6 Å². The Morgan fingerprint density at radius 2 is 2.00 bits per heavy atom. The molecule has 3 rings (SSSR count). The van der Waals surface area contributed by atoms with Gasteiger partial charge in [0.15, 0.2) is 0 Å². The van der Waals surface area contributed by atoms with Gasteiger partial charge in [0.2, 0.25) is 0 Å². The summed E-state index contributed by atoms with van der Waals surface area (Å²) in [6.07, 6.45) is 1.53. The molecule has 5 heteroatoms. The number of hydrogen-bond donors (Lipinski definition) is 1. The maximum absolute atomic E-state index is 12.2. The number of carbonyl (C=O) groups excluding carboxylic acids is 1. The monoisotopic (exact) mass is 286 g/mol. The largest absolute Gasteiger partial charge is 0.329 e. The van der Waals surface area contributed by atoms with Crippen LogP contribution in [0, 0.1) is 0 Å². The van der Waals surface area contributed by atoms with E-state index in [0.717, 1.165) is 11.1 Å². The summed E-state index contributed by atoms with van der Waals surface area (Å²) in [6, 6.07) is 8.64. The van der Waals surface area contributed by atoms with Gasteiger partial charge in [-0.3, -0.25) is 9.59 Å². The second kappa shape index (κ2) is 4.72. The molecule has 0 saturated carbocycles. The number of aromatic amines is 1. The number of amides is 1. The molecule has 2 aromatic rings. The fourth-order valence-corrected chi connectivity index (χ4v) is 2.67. The van der Waals surface area contributed by atoms with Gasteiger partial charge in [0.1, 0.15) is 0 Å². The topological polar surface area (TPSA) is 62.3 Å². The van der Waals surface area contributed by atoms with Gasteiger partial charge in [0.25, 0.3) is 11.5 Å². The third kappa shape index (κ3) is 1.98. The highest BCUT2D eigenvalue weighted by atomic mass is 35.5. The van der Waals surface area contributed by atoms with Crippen LogP contribution in [0.2, 0.25) is 5.02 Å². The Morgan fingerprint density at radius 3 is 2.75 bits per heavy atom. The van der Waals surface area contributed by atoms with Crippen molar-refractivity contribution in [3.8, 4) is 0 Å². The first-order valence-corrected chi connectivity index (χ1v) is 6.52. The van der Waals surface area contributed by atoms with E-state index < -0.39 is 5.92 Å². The third-order valence-corrected chi connectivity index (χ3v) is 3.63. The van der Waals surface area contributed by atoms with E-state index >= 15 is 0 Å². The summed E-state index contributed by atoms with van der Waals surface area (Å²) in [5, 5.41) is 0.531. The molecule has 100 valence electrons. The second-order valence-electron chi connectivity index (χ2n) is 4.65. The van der Waals surface area contributed by atoms with Crippen LogP contribution < -0.4 is 5.56 Å². The van der Waals surface area contributed by atoms with Gasteiger partial charge in [-0.25, -0.2) is 4.99 Å². The summed E-state index contributed by atoms with van der Waals surface area (Å²) in [5.41, 5.74) is 2.32. The van der Waals surface area contributed by atoms with Crippen molar-refractivity contribution in [2.24, 2.45) is 4.99 Å². The molecule has 0 saturated heterocycles. The molecule has 1 N–H and O–H groups in total. The number of H-pyrrole nitrogens is 1. The van der Waals surface area contributed by atoms with E-state index in [-0.39, 0.29) is 11.5 Å². The van der Waals surface area contributed by atoms with Crippen LogP contribution in [0.5, 0.6) is 0 Å². The fourth-order valence-electron chi connectivity index (χ4n) is 2.49. The van der Waals surface area contributed by atoms with Gasteiger partial charge in [-0.05, 0) is 30.7 Å². The van der Waals surface area contributed by atoms with Crippen LogP contribution >= 0.6 is 11.6 Å². The van der Waals surface area contributed by atoms with Gasteiger partial charge in [-0.2, -0.15) is 0 Å². The molecular weight excluding hydrogens is 276 g/mol. The smallest absolute Gasteiger partial charge is 0.258 e. The summed E-state index contributed by atoms with van der Waals surface area (Å²) in [5.74, 6) is -1.04. The number of nitrogens with one attached hydrogen (secondary N) is 1. The predicted molar refractivity (Wildman–Crippen MR) is 77.6 cm³/mol. The van der Waals surface area contributed by atoms with Crippen molar-refractivity contribution in [2.75, 3.05) is 0 Å². The minimum absolute atomic E-state index is 0.286. The second-order valence-corrected chi connectivity index (χ2v) is 5.09. The highest BCUT2D eigenvalue weighted by molar-refractivity contribution is 6.31. The molecule has 1 aliphatic rings. The molecule has 20 heavy (non-hydrogen) atoms. The first-order chi connectivity index (χ1) is 9.58. The summed E-state index contributed by atoms with van der Waals surface area (Å²) in [6.45, 7) is 1.77. The van der Waals surface area contributed by atoms with Crippen molar-refractivity contribution in [1.29, 1.82) is 0 Å². The molecular formula is C15H11ClN2O2.